The smallest absolute Gasteiger partial charge is 0.299 e. The molecule has 1 rings (SSSR count). The Hall–Kier alpha value is 0.160. The summed E-state index contributed by atoms with van der Waals surface area (Å²) in [6, 6.07) is 0.466. The zero-order valence-electron chi connectivity index (χ0n) is 8.61. The molecule has 0 aromatic heterocycles. The van der Waals surface area contributed by atoms with Crippen molar-refractivity contribution < 1.29 is 8.42 Å². The van der Waals surface area contributed by atoms with E-state index in [0.717, 1.165) is 19.5 Å². The van der Waals surface area contributed by atoms with Gasteiger partial charge in [-0.15, -0.1) is 0 Å². The average Bonchev–Trinajstić information content (AvgIpc) is 2.26. The Labute approximate surface area is 90.4 Å². The van der Waals surface area contributed by atoms with Crippen molar-refractivity contribution >= 4 is 19.9 Å². The van der Waals surface area contributed by atoms with Gasteiger partial charge in [0.25, 0.3) is 9.24 Å². The Balaban J connectivity index is 2.58. The van der Waals surface area contributed by atoms with E-state index in [1.54, 1.807) is 0 Å². The molecule has 0 N–H and O–H groups in total. The molecule has 6 heteroatoms. The molecule has 0 aromatic carbocycles. The minimum Gasteiger partial charge on any atom is -0.300 e. The number of nitrogens with zero attached hydrogens (tertiary/aromatic N) is 2. The van der Waals surface area contributed by atoms with Crippen molar-refractivity contribution in [1.82, 2.24) is 9.21 Å². The normalized spacial score (nSPS) is 22.6. The van der Waals surface area contributed by atoms with Crippen molar-refractivity contribution in [1.29, 1.82) is 0 Å². The van der Waals surface area contributed by atoms with E-state index in [2.05, 4.69) is 18.7 Å². The average molecular weight is 241 g/mol. The van der Waals surface area contributed by atoms with Crippen molar-refractivity contribution in [3.05, 3.63) is 0 Å². The predicted octanol–water partition coefficient (Wildman–Crippen LogP) is 0.886. The van der Waals surface area contributed by atoms with Crippen LogP contribution < -0.4 is 0 Å². The topological polar surface area (TPSA) is 40.6 Å². The third-order valence-electron chi connectivity index (χ3n) is 2.53. The van der Waals surface area contributed by atoms with Crippen LogP contribution in [0.1, 0.15) is 20.3 Å². The lowest BCUT2D eigenvalue weighted by Gasteiger charge is -2.24. The molecule has 0 unspecified atom stereocenters. The van der Waals surface area contributed by atoms with E-state index in [1.807, 2.05) is 0 Å². The Morgan fingerprint density at radius 3 is 2.29 bits per heavy atom. The first kappa shape index (κ1) is 12.2. The van der Waals surface area contributed by atoms with Crippen LogP contribution in [-0.4, -0.2) is 49.8 Å². The van der Waals surface area contributed by atoms with Crippen molar-refractivity contribution in [3.63, 3.8) is 0 Å². The Kier molecular flexibility index (Phi) is 4.18. The molecule has 1 heterocycles. The van der Waals surface area contributed by atoms with Gasteiger partial charge in [-0.05, 0) is 26.8 Å². The maximum atomic E-state index is 11.1. The lowest BCUT2D eigenvalue weighted by atomic mass is 10.3. The quantitative estimate of drug-likeness (QED) is 0.673. The lowest BCUT2D eigenvalue weighted by Crippen LogP contribution is -2.35. The van der Waals surface area contributed by atoms with Gasteiger partial charge in [0, 0.05) is 36.4 Å². The standard InChI is InChI=1S/C8H17ClN2O2S/c1-8(2)10-4-3-5-11(7-6-10)14(9,12)13/h8H,3-7H2,1-2H3. The number of hydrogen-bond acceptors (Lipinski definition) is 3. The zero-order chi connectivity index (χ0) is 10.8. The molecule has 1 fully saturated rings. The molecule has 1 aliphatic rings. The Morgan fingerprint density at radius 1 is 1.14 bits per heavy atom. The van der Waals surface area contributed by atoms with Gasteiger partial charge in [0.1, 0.15) is 0 Å². The second-order valence-corrected chi connectivity index (χ2v) is 6.33. The first-order valence-corrected chi connectivity index (χ1v) is 7.11. The largest absolute Gasteiger partial charge is 0.300 e. The summed E-state index contributed by atoms with van der Waals surface area (Å²) < 4.78 is 23.5. The van der Waals surface area contributed by atoms with Crippen LogP contribution >= 0.6 is 10.7 Å². The second kappa shape index (κ2) is 4.79. The van der Waals surface area contributed by atoms with Gasteiger partial charge < -0.3 is 0 Å². The van der Waals surface area contributed by atoms with Gasteiger partial charge in [0.05, 0.1) is 0 Å². The number of hydrogen-bond donors (Lipinski definition) is 0. The monoisotopic (exact) mass is 240 g/mol. The summed E-state index contributed by atoms with van der Waals surface area (Å²) in [5, 5.41) is 0. The molecule has 0 aliphatic carbocycles. The highest BCUT2D eigenvalue weighted by Crippen LogP contribution is 2.12. The highest BCUT2D eigenvalue weighted by Gasteiger charge is 2.23. The van der Waals surface area contributed by atoms with Gasteiger partial charge in [0.2, 0.25) is 0 Å². The summed E-state index contributed by atoms with van der Waals surface area (Å²) in [5.41, 5.74) is 0. The molecular weight excluding hydrogens is 224 g/mol. The minimum atomic E-state index is -3.52. The van der Waals surface area contributed by atoms with E-state index in [1.165, 1.54) is 4.31 Å². The number of rotatable bonds is 2. The van der Waals surface area contributed by atoms with Crippen LogP contribution in [0.3, 0.4) is 0 Å². The van der Waals surface area contributed by atoms with Gasteiger partial charge in [-0.3, -0.25) is 4.90 Å². The molecule has 84 valence electrons. The van der Waals surface area contributed by atoms with E-state index in [-0.39, 0.29) is 0 Å². The van der Waals surface area contributed by atoms with Crippen molar-refractivity contribution in [2.45, 2.75) is 26.3 Å². The third-order valence-corrected chi connectivity index (χ3v) is 4.10. The summed E-state index contributed by atoms with van der Waals surface area (Å²) in [6.07, 6.45) is 0.851. The molecule has 0 atom stereocenters. The van der Waals surface area contributed by atoms with Gasteiger partial charge in [-0.1, -0.05) is 0 Å². The second-order valence-electron chi connectivity index (χ2n) is 3.82. The van der Waals surface area contributed by atoms with Crippen LogP contribution in [0.25, 0.3) is 0 Å². The van der Waals surface area contributed by atoms with Gasteiger partial charge >= 0.3 is 0 Å². The fourth-order valence-corrected chi connectivity index (χ4v) is 2.71. The molecule has 1 saturated heterocycles. The fourth-order valence-electron chi connectivity index (χ4n) is 1.65. The van der Waals surface area contributed by atoms with E-state index in [0.29, 0.717) is 19.1 Å². The van der Waals surface area contributed by atoms with E-state index in [9.17, 15) is 8.42 Å². The van der Waals surface area contributed by atoms with E-state index < -0.39 is 9.24 Å². The van der Waals surface area contributed by atoms with Crippen molar-refractivity contribution in [2.24, 2.45) is 0 Å². The molecule has 1 aliphatic heterocycles. The summed E-state index contributed by atoms with van der Waals surface area (Å²) in [6.45, 7) is 6.99. The van der Waals surface area contributed by atoms with Gasteiger partial charge in [-0.2, -0.15) is 12.7 Å². The first-order chi connectivity index (χ1) is 6.41. The van der Waals surface area contributed by atoms with Gasteiger partial charge in [0.15, 0.2) is 0 Å². The first-order valence-electron chi connectivity index (χ1n) is 4.85. The number of halogens is 1. The van der Waals surface area contributed by atoms with E-state index >= 15 is 0 Å². The summed E-state index contributed by atoms with van der Waals surface area (Å²) >= 11 is 0. The molecule has 0 aromatic rings. The highest BCUT2D eigenvalue weighted by atomic mass is 35.7. The summed E-state index contributed by atoms with van der Waals surface area (Å²) in [4.78, 5) is 2.27. The highest BCUT2D eigenvalue weighted by molar-refractivity contribution is 8.11. The molecule has 0 spiro atoms. The fraction of sp³-hybridized carbons (Fsp3) is 1.00. The van der Waals surface area contributed by atoms with Crippen LogP contribution in [-0.2, 0) is 9.24 Å². The molecule has 0 saturated carbocycles. The van der Waals surface area contributed by atoms with E-state index in [4.69, 9.17) is 10.7 Å². The maximum absolute atomic E-state index is 11.1. The Bertz CT molecular complexity index is 279. The maximum Gasteiger partial charge on any atom is 0.299 e. The third kappa shape index (κ3) is 3.38. The van der Waals surface area contributed by atoms with Crippen LogP contribution in [0.2, 0.25) is 0 Å². The summed E-state index contributed by atoms with van der Waals surface area (Å²) in [7, 11) is 1.77. The van der Waals surface area contributed by atoms with Crippen molar-refractivity contribution in [3.8, 4) is 0 Å². The van der Waals surface area contributed by atoms with Crippen LogP contribution in [0.4, 0.5) is 0 Å². The molecule has 0 amide bonds. The Morgan fingerprint density at radius 2 is 1.79 bits per heavy atom. The molecule has 14 heavy (non-hydrogen) atoms. The molecular formula is C8H17ClN2O2S. The molecule has 0 bridgehead atoms. The van der Waals surface area contributed by atoms with Crippen molar-refractivity contribution in [2.75, 3.05) is 26.2 Å². The predicted molar refractivity (Wildman–Crippen MR) is 57.7 cm³/mol. The SMILES string of the molecule is CC(C)N1CCCN(S(=O)(=O)Cl)CC1. The van der Waals surface area contributed by atoms with Crippen LogP contribution in [0.5, 0.6) is 0 Å². The zero-order valence-corrected chi connectivity index (χ0v) is 10.2. The van der Waals surface area contributed by atoms with Gasteiger partial charge in [-0.25, -0.2) is 0 Å². The summed E-state index contributed by atoms with van der Waals surface area (Å²) in [5.74, 6) is 0. The molecule has 4 nitrogen and oxygen atoms in total. The minimum absolute atomic E-state index is 0.466. The lowest BCUT2D eigenvalue weighted by molar-refractivity contribution is 0.233. The molecule has 0 radical (unpaired) electrons. The van der Waals surface area contributed by atoms with Crippen LogP contribution in [0.15, 0.2) is 0 Å². The van der Waals surface area contributed by atoms with Crippen LogP contribution in [0, 0.1) is 0 Å².